The van der Waals surface area contributed by atoms with E-state index < -0.39 is 0 Å². The summed E-state index contributed by atoms with van der Waals surface area (Å²) in [7, 11) is 1.95. The fourth-order valence-electron chi connectivity index (χ4n) is 1.39. The molecule has 2 N–H and O–H groups in total. The molecule has 0 radical (unpaired) electrons. The zero-order valence-corrected chi connectivity index (χ0v) is 11.2. The summed E-state index contributed by atoms with van der Waals surface area (Å²) < 4.78 is 1.96. The number of hydrogen-bond donors (Lipinski definition) is 1. The first kappa shape index (κ1) is 12.3. The fourth-order valence-corrected chi connectivity index (χ4v) is 2.70. The normalized spacial score (nSPS) is 10.8. The Morgan fingerprint density at radius 3 is 2.76 bits per heavy atom. The lowest BCUT2D eigenvalue weighted by molar-refractivity contribution is 0.817. The van der Waals surface area contributed by atoms with Crippen LogP contribution >= 0.6 is 23.4 Å². The molecule has 0 aliphatic carbocycles. The minimum atomic E-state index is 0.675. The summed E-state index contributed by atoms with van der Waals surface area (Å²) in [6, 6.07) is 5.52. The fraction of sp³-hybridized carbons (Fsp3) is 0.273. The Labute approximate surface area is 109 Å². The van der Waals surface area contributed by atoms with Crippen molar-refractivity contribution in [2.45, 2.75) is 17.6 Å². The first-order valence-corrected chi connectivity index (χ1v) is 6.47. The second kappa shape index (κ2) is 4.98. The van der Waals surface area contributed by atoms with Crippen molar-refractivity contribution in [3.63, 3.8) is 0 Å². The van der Waals surface area contributed by atoms with Gasteiger partial charge >= 0.3 is 0 Å². The van der Waals surface area contributed by atoms with Crippen molar-refractivity contribution in [2.75, 3.05) is 5.73 Å². The number of aryl methyl sites for hydroxylation is 1. The van der Waals surface area contributed by atoms with E-state index in [0.29, 0.717) is 16.5 Å². The van der Waals surface area contributed by atoms with Crippen LogP contribution in [0.5, 0.6) is 0 Å². The zero-order chi connectivity index (χ0) is 12.4. The summed E-state index contributed by atoms with van der Waals surface area (Å²) in [6.07, 6.45) is 0. The van der Waals surface area contributed by atoms with Crippen LogP contribution in [0.2, 0.25) is 5.02 Å². The van der Waals surface area contributed by atoms with Gasteiger partial charge in [-0.3, -0.25) is 0 Å². The maximum atomic E-state index is 6.10. The van der Waals surface area contributed by atoms with Gasteiger partial charge in [0, 0.05) is 17.6 Å². The van der Waals surface area contributed by atoms with Crippen LogP contribution in [0.1, 0.15) is 11.6 Å². The molecule has 2 aromatic rings. The Hall–Kier alpha value is -1.20. The highest BCUT2D eigenvalue weighted by atomic mass is 35.5. The Morgan fingerprint density at radius 2 is 2.18 bits per heavy atom. The standard InChI is InChI=1S/C11H13ClN4S/c1-7-14-15-10(16(7)2)6-17-11-8(12)4-3-5-9(11)13/h3-5H,6,13H2,1-2H3. The highest BCUT2D eigenvalue weighted by Gasteiger charge is 2.09. The summed E-state index contributed by atoms with van der Waals surface area (Å²) in [5, 5.41) is 8.78. The average Bonchev–Trinajstić information content (AvgIpc) is 2.60. The zero-order valence-electron chi connectivity index (χ0n) is 9.64. The maximum Gasteiger partial charge on any atom is 0.143 e. The number of nitrogens with zero attached hydrogens (tertiary/aromatic N) is 3. The predicted octanol–water partition coefficient (Wildman–Crippen LogP) is 2.65. The number of nitrogen functional groups attached to an aromatic ring is 1. The first-order valence-electron chi connectivity index (χ1n) is 5.11. The van der Waals surface area contributed by atoms with E-state index in [9.17, 15) is 0 Å². The predicted molar refractivity (Wildman–Crippen MR) is 71.2 cm³/mol. The lowest BCUT2D eigenvalue weighted by atomic mass is 10.3. The third-order valence-corrected chi connectivity index (χ3v) is 4.10. The largest absolute Gasteiger partial charge is 0.398 e. The SMILES string of the molecule is Cc1nnc(CSc2c(N)cccc2Cl)n1C. The summed E-state index contributed by atoms with van der Waals surface area (Å²) >= 11 is 7.67. The second-order valence-corrected chi connectivity index (χ2v) is 5.06. The van der Waals surface area contributed by atoms with Crippen molar-refractivity contribution in [3.8, 4) is 0 Å². The van der Waals surface area contributed by atoms with Gasteiger partial charge < -0.3 is 10.3 Å². The molecular formula is C11H13ClN4S. The Kier molecular flexibility index (Phi) is 3.59. The summed E-state index contributed by atoms with van der Waals surface area (Å²) in [5.74, 6) is 2.50. The number of hydrogen-bond acceptors (Lipinski definition) is 4. The van der Waals surface area contributed by atoms with Crippen LogP contribution in [0.15, 0.2) is 23.1 Å². The number of anilines is 1. The van der Waals surface area contributed by atoms with Gasteiger partial charge in [0.2, 0.25) is 0 Å². The molecule has 0 amide bonds. The van der Waals surface area contributed by atoms with Gasteiger partial charge in [0.05, 0.1) is 10.8 Å². The molecule has 0 atom stereocenters. The van der Waals surface area contributed by atoms with Crippen molar-refractivity contribution in [1.82, 2.24) is 14.8 Å². The van der Waals surface area contributed by atoms with Crippen LogP contribution < -0.4 is 5.73 Å². The first-order chi connectivity index (χ1) is 8.09. The molecule has 0 fully saturated rings. The van der Waals surface area contributed by atoms with Crippen molar-refractivity contribution in [3.05, 3.63) is 34.9 Å². The van der Waals surface area contributed by atoms with Crippen LogP contribution in [0.3, 0.4) is 0 Å². The van der Waals surface area contributed by atoms with Gasteiger partial charge in [-0.15, -0.1) is 22.0 Å². The smallest absolute Gasteiger partial charge is 0.143 e. The molecule has 0 unspecified atom stereocenters. The van der Waals surface area contributed by atoms with Crippen molar-refractivity contribution < 1.29 is 0 Å². The monoisotopic (exact) mass is 268 g/mol. The van der Waals surface area contributed by atoms with E-state index in [4.69, 9.17) is 17.3 Å². The van der Waals surface area contributed by atoms with Gasteiger partial charge in [0.15, 0.2) is 0 Å². The molecule has 0 saturated heterocycles. The van der Waals surface area contributed by atoms with E-state index in [1.807, 2.05) is 36.7 Å². The summed E-state index contributed by atoms with van der Waals surface area (Å²) in [6.45, 7) is 1.92. The molecule has 17 heavy (non-hydrogen) atoms. The summed E-state index contributed by atoms with van der Waals surface area (Å²) in [5.41, 5.74) is 6.58. The van der Waals surface area contributed by atoms with Crippen molar-refractivity contribution in [1.29, 1.82) is 0 Å². The van der Waals surface area contributed by atoms with E-state index in [2.05, 4.69) is 10.2 Å². The van der Waals surface area contributed by atoms with E-state index in [1.54, 1.807) is 11.8 Å². The van der Waals surface area contributed by atoms with Crippen molar-refractivity contribution in [2.24, 2.45) is 7.05 Å². The second-order valence-electron chi connectivity index (χ2n) is 3.67. The highest BCUT2D eigenvalue weighted by molar-refractivity contribution is 7.98. The topological polar surface area (TPSA) is 56.7 Å². The number of benzene rings is 1. The van der Waals surface area contributed by atoms with Crippen LogP contribution in [0.4, 0.5) is 5.69 Å². The Bertz CT molecular complexity index is 518. The molecule has 90 valence electrons. The minimum Gasteiger partial charge on any atom is -0.398 e. The van der Waals surface area contributed by atoms with Gasteiger partial charge in [0.1, 0.15) is 11.6 Å². The van der Waals surface area contributed by atoms with E-state index in [0.717, 1.165) is 16.5 Å². The van der Waals surface area contributed by atoms with Gasteiger partial charge in [-0.05, 0) is 19.1 Å². The highest BCUT2D eigenvalue weighted by Crippen LogP contribution is 2.34. The molecule has 0 spiro atoms. The van der Waals surface area contributed by atoms with Gasteiger partial charge in [-0.1, -0.05) is 17.7 Å². The number of rotatable bonds is 3. The summed E-state index contributed by atoms with van der Waals surface area (Å²) in [4.78, 5) is 0.898. The molecule has 4 nitrogen and oxygen atoms in total. The molecule has 0 bridgehead atoms. The van der Waals surface area contributed by atoms with Crippen LogP contribution in [0.25, 0.3) is 0 Å². The van der Waals surface area contributed by atoms with Crippen molar-refractivity contribution >= 4 is 29.1 Å². The Balaban J connectivity index is 2.15. The Morgan fingerprint density at radius 1 is 1.41 bits per heavy atom. The number of aromatic nitrogens is 3. The van der Waals surface area contributed by atoms with E-state index in [1.165, 1.54) is 0 Å². The lowest BCUT2D eigenvalue weighted by Crippen LogP contribution is -1.98. The van der Waals surface area contributed by atoms with Crippen LogP contribution in [-0.4, -0.2) is 14.8 Å². The number of thioether (sulfide) groups is 1. The van der Waals surface area contributed by atoms with E-state index >= 15 is 0 Å². The third-order valence-electron chi connectivity index (χ3n) is 2.53. The third kappa shape index (κ3) is 2.56. The van der Waals surface area contributed by atoms with Gasteiger partial charge in [-0.25, -0.2) is 0 Å². The van der Waals surface area contributed by atoms with Gasteiger partial charge in [-0.2, -0.15) is 0 Å². The molecule has 0 aliphatic rings. The molecule has 0 aliphatic heterocycles. The molecule has 0 saturated carbocycles. The quantitative estimate of drug-likeness (QED) is 0.687. The number of halogens is 1. The number of nitrogens with two attached hydrogens (primary N) is 1. The maximum absolute atomic E-state index is 6.10. The molecule has 1 heterocycles. The lowest BCUT2D eigenvalue weighted by Gasteiger charge is -2.07. The average molecular weight is 269 g/mol. The molecule has 6 heteroatoms. The minimum absolute atomic E-state index is 0.675. The molecule has 2 rings (SSSR count). The van der Waals surface area contributed by atoms with Crippen LogP contribution in [-0.2, 0) is 12.8 Å². The molecule has 1 aromatic heterocycles. The van der Waals surface area contributed by atoms with Crippen LogP contribution in [0, 0.1) is 6.92 Å². The molecule has 1 aromatic carbocycles. The molecular weight excluding hydrogens is 256 g/mol. The van der Waals surface area contributed by atoms with E-state index in [-0.39, 0.29) is 0 Å². The van der Waals surface area contributed by atoms with Gasteiger partial charge in [0.25, 0.3) is 0 Å².